The van der Waals surface area contributed by atoms with Crippen molar-refractivity contribution in [1.82, 2.24) is 0 Å². The van der Waals surface area contributed by atoms with E-state index in [2.05, 4.69) is 4.99 Å². The number of aliphatic imine (C=N–C) groups is 1. The first-order valence-electron chi connectivity index (χ1n) is 5.49. The lowest BCUT2D eigenvalue weighted by Gasteiger charge is -2.07. The van der Waals surface area contributed by atoms with Gasteiger partial charge in [-0.2, -0.15) is 0 Å². The molecule has 0 fully saturated rings. The molecular weight excluding hydrogens is 250 g/mol. The highest BCUT2D eigenvalue weighted by Gasteiger charge is 2.24. The van der Waals surface area contributed by atoms with Gasteiger partial charge in [-0.3, -0.25) is 0 Å². The minimum Gasteiger partial charge on any atom is -0.484 e. The Balaban J connectivity index is 2.04. The fourth-order valence-corrected chi connectivity index (χ4v) is 1.49. The van der Waals surface area contributed by atoms with E-state index in [4.69, 9.17) is 14.6 Å². The minimum atomic E-state index is -1.25. The number of hydrogen-bond donors (Lipinski definition) is 1. The van der Waals surface area contributed by atoms with Crippen molar-refractivity contribution in [3.63, 3.8) is 0 Å². The number of carboxylic acid groups (broad SMARTS) is 1. The lowest BCUT2D eigenvalue weighted by atomic mass is 10.2. The first kappa shape index (κ1) is 12.8. The van der Waals surface area contributed by atoms with E-state index in [-0.39, 0.29) is 18.2 Å². The van der Waals surface area contributed by atoms with Crippen LogP contribution < -0.4 is 4.74 Å². The fraction of sp³-hybridized carbons (Fsp3) is 0.154. The molecule has 1 N–H and O–H groups in total. The van der Waals surface area contributed by atoms with Crippen molar-refractivity contribution < 1.29 is 24.2 Å². The zero-order valence-electron chi connectivity index (χ0n) is 10.1. The van der Waals surface area contributed by atoms with E-state index in [0.717, 1.165) is 5.56 Å². The van der Waals surface area contributed by atoms with Gasteiger partial charge in [-0.05, 0) is 18.6 Å². The number of nitrogens with zero attached hydrogens (tertiary/aromatic N) is 1. The summed E-state index contributed by atoms with van der Waals surface area (Å²) in [6.07, 6.45) is 0.698. The molecule has 19 heavy (non-hydrogen) atoms. The molecule has 0 atom stereocenters. The Morgan fingerprint density at radius 1 is 1.47 bits per heavy atom. The molecule has 0 saturated carbocycles. The summed E-state index contributed by atoms with van der Waals surface area (Å²) in [6.45, 7) is 1.85. The standard InChI is InChI=1S/C13H11NO5/c1-8-4-2-3-5-10(8)18-7-11-14-9(6-12(15)16)13(17)19-11/h2-6H,7H2,1H3,(H,15,16)/b9-6+. The smallest absolute Gasteiger partial charge is 0.363 e. The van der Waals surface area contributed by atoms with Crippen LogP contribution in [0.15, 0.2) is 41.0 Å². The Hall–Kier alpha value is -2.63. The second kappa shape index (κ2) is 5.34. The van der Waals surface area contributed by atoms with Crippen LogP contribution in [0.5, 0.6) is 5.75 Å². The number of carbonyl (C=O) groups is 2. The average Bonchev–Trinajstić information content (AvgIpc) is 2.68. The maximum absolute atomic E-state index is 11.3. The van der Waals surface area contributed by atoms with Crippen molar-refractivity contribution in [2.45, 2.75) is 6.92 Å². The molecule has 0 aromatic heterocycles. The number of para-hydroxylation sites is 1. The molecule has 6 nitrogen and oxygen atoms in total. The molecular formula is C13H11NO5. The zero-order valence-corrected chi connectivity index (χ0v) is 10.1. The van der Waals surface area contributed by atoms with E-state index < -0.39 is 11.9 Å². The predicted molar refractivity (Wildman–Crippen MR) is 65.9 cm³/mol. The first-order chi connectivity index (χ1) is 9.06. The van der Waals surface area contributed by atoms with Gasteiger partial charge in [0.2, 0.25) is 5.90 Å². The topological polar surface area (TPSA) is 85.2 Å². The Morgan fingerprint density at radius 2 is 2.21 bits per heavy atom. The lowest BCUT2D eigenvalue weighted by Crippen LogP contribution is -2.13. The number of aliphatic carboxylic acids is 1. The van der Waals surface area contributed by atoms with Gasteiger partial charge < -0.3 is 14.6 Å². The first-order valence-corrected chi connectivity index (χ1v) is 5.49. The minimum absolute atomic E-state index is 0.0342. The van der Waals surface area contributed by atoms with Gasteiger partial charge in [0, 0.05) is 0 Å². The third kappa shape index (κ3) is 3.19. The largest absolute Gasteiger partial charge is 0.484 e. The number of carbonyl (C=O) groups excluding carboxylic acids is 1. The number of benzene rings is 1. The number of cyclic esters (lactones) is 1. The summed E-state index contributed by atoms with van der Waals surface area (Å²) in [7, 11) is 0. The average molecular weight is 261 g/mol. The Bertz CT molecular complexity index is 588. The van der Waals surface area contributed by atoms with Crippen LogP contribution in [0.4, 0.5) is 0 Å². The van der Waals surface area contributed by atoms with E-state index in [1.54, 1.807) is 6.07 Å². The molecule has 1 aliphatic heterocycles. The van der Waals surface area contributed by atoms with Crippen LogP contribution in [0.1, 0.15) is 5.56 Å². The Morgan fingerprint density at radius 3 is 2.89 bits per heavy atom. The maximum Gasteiger partial charge on any atom is 0.363 e. The molecule has 0 unspecified atom stereocenters. The van der Waals surface area contributed by atoms with Crippen molar-refractivity contribution in [3.05, 3.63) is 41.6 Å². The second-order valence-electron chi connectivity index (χ2n) is 3.82. The Kier molecular flexibility index (Phi) is 3.61. The number of rotatable bonds is 4. The predicted octanol–water partition coefficient (Wildman–Crippen LogP) is 1.30. The highest BCUT2D eigenvalue weighted by Crippen LogP contribution is 2.17. The molecule has 1 aliphatic rings. The second-order valence-corrected chi connectivity index (χ2v) is 3.82. The van der Waals surface area contributed by atoms with Crippen molar-refractivity contribution in [2.24, 2.45) is 4.99 Å². The molecule has 0 saturated heterocycles. The van der Waals surface area contributed by atoms with Gasteiger partial charge in [-0.1, -0.05) is 18.2 Å². The van der Waals surface area contributed by atoms with Crippen LogP contribution in [0.2, 0.25) is 0 Å². The van der Waals surface area contributed by atoms with Crippen LogP contribution in [0.25, 0.3) is 0 Å². The molecule has 1 aromatic carbocycles. The molecule has 98 valence electrons. The lowest BCUT2D eigenvalue weighted by molar-refractivity contribution is -0.133. The van der Waals surface area contributed by atoms with Crippen molar-refractivity contribution in [1.29, 1.82) is 0 Å². The monoisotopic (exact) mass is 261 g/mol. The highest BCUT2D eigenvalue weighted by molar-refractivity contribution is 6.07. The third-order valence-electron chi connectivity index (χ3n) is 2.37. The summed E-state index contributed by atoms with van der Waals surface area (Å²) >= 11 is 0. The van der Waals surface area contributed by atoms with E-state index in [1.807, 2.05) is 25.1 Å². The summed E-state index contributed by atoms with van der Waals surface area (Å²) in [6, 6.07) is 7.36. The van der Waals surface area contributed by atoms with Crippen LogP contribution in [0.3, 0.4) is 0 Å². The molecule has 0 radical (unpaired) electrons. The number of aryl methyl sites for hydroxylation is 1. The summed E-state index contributed by atoms with van der Waals surface area (Å²) in [5.74, 6) is -1.35. The van der Waals surface area contributed by atoms with Crippen molar-refractivity contribution >= 4 is 17.8 Å². The van der Waals surface area contributed by atoms with Gasteiger partial charge in [0.1, 0.15) is 5.75 Å². The van der Waals surface area contributed by atoms with E-state index in [1.165, 1.54) is 0 Å². The number of ether oxygens (including phenoxy) is 2. The van der Waals surface area contributed by atoms with E-state index in [0.29, 0.717) is 11.8 Å². The van der Waals surface area contributed by atoms with Gasteiger partial charge >= 0.3 is 11.9 Å². The van der Waals surface area contributed by atoms with Crippen LogP contribution in [0, 0.1) is 6.92 Å². The van der Waals surface area contributed by atoms with E-state index in [9.17, 15) is 9.59 Å². The molecule has 2 rings (SSSR count). The van der Waals surface area contributed by atoms with E-state index >= 15 is 0 Å². The zero-order chi connectivity index (χ0) is 13.8. The van der Waals surface area contributed by atoms with Crippen molar-refractivity contribution in [3.8, 4) is 5.75 Å². The molecule has 0 amide bonds. The van der Waals surface area contributed by atoms with Gasteiger partial charge in [-0.15, -0.1) is 0 Å². The summed E-state index contributed by atoms with van der Waals surface area (Å²) < 4.78 is 10.2. The number of carboxylic acids is 1. The normalized spacial score (nSPS) is 16.2. The number of hydrogen-bond acceptors (Lipinski definition) is 5. The number of esters is 1. The van der Waals surface area contributed by atoms with Crippen LogP contribution in [-0.4, -0.2) is 29.5 Å². The van der Waals surface area contributed by atoms with Gasteiger partial charge in [0.25, 0.3) is 0 Å². The fourth-order valence-electron chi connectivity index (χ4n) is 1.49. The summed E-state index contributed by atoms with van der Waals surface area (Å²) in [5.41, 5.74) is 0.699. The van der Waals surface area contributed by atoms with Crippen molar-refractivity contribution in [2.75, 3.05) is 6.61 Å². The molecule has 6 heteroatoms. The summed E-state index contributed by atoms with van der Waals surface area (Å²) in [4.78, 5) is 25.5. The third-order valence-corrected chi connectivity index (χ3v) is 2.37. The van der Waals surface area contributed by atoms with Gasteiger partial charge in [0.15, 0.2) is 12.3 Å². The maximum atomic E-state index is 11.3. The molecule has 0 aliphatic carbocycles. The quantitative estimate of drug-likeness (QED) is 0.652. The molecule has 1 heterocycles. The Labute approximate surface area is 109 Å². The molecule has 0 bridgehead atoms. The SMILES string of the molecule is Cc1ccccc1OCC1=N/C(=C/C(=O)O)C(=O)O1. The van der Waals surface area contributed by atoms with Gasteiger partial charge in [-0.25, -0.2) is 14.6 Å². The van der Waals surface area contributed by atoms with Crippen LogP contribution >= 0.6 is 0 Å². The summed E-state index contributed by atoms with van der Waals surface area (Å²) in [5, 5.41) is 8.54. The molecule has 0 spiro atoms. The highest BCUT2D eigenvalue weighted by atomic mass is 16.6. The molecule has 1 aromatic rings. The van der Waals surface area contributed by atoms with Crippen LogP contribution in [-0.2, 0) is 14.3 Å². The van der Waals surface area contributed by atoms with Gasteiger partial charge in [0.05, 0.1) is 6.08 Å².